The molecular weight excluding hydrogens is 418 g/mol. The Morgan fingerprint density at radius 2 is 2.00 bits per heavy atom. The molecule has 8 heteroatoms. The molecule has 1 aromatic heterocycles. The highest BCUT2D eigenvalue weighted by molar-refractivity contribution is 9.10. The maximum atomic E-state index is 10.9. The van der Waals surface area contributed by atoms with Crippen LogP contribution >= 0.6 is 27.7 Å². The lowest BCUT2D eigenvalue weighted by atomic mass is 10.1. The molecule has 0 saturated heterocycles. The topological polar surface area (TPSA) is 77.2 Å². The van der Waals surface area contributed by atoms with E-state index in [1.165, 1.54) is 12.8 Å². The molecule has 1 heterocycles. The number of carboxylic acid groups (broad SMARTS) is 1. The normalized spacial score (nSPS) is 13.9. The fourth-order valence-electron chi connectivity index (χ4n) is 2.75. The number of thioether (sulfide) groups is 1. The number of hydrogen-bond donors (Lipinski definition) is 1. The van der Waals surface area contributed by atoms with E-state index in [0.717, 1.165) is 40.6 Å². The van der Waals surface area contributed by atoms with Gasteiger partial charge in [-0.1, -0.05) is 36.0 Å². The summed E-state index contributed by atoms with van der Waals surface area (Å²) in [6.07, 6.45) is 2.49. The molecule has 1 aliphatic carbocycles. The van der Waals surface area contributed by atoms with E-state index in [2.05, 4.69) is 26.1 Å². The fourth-order valence-corrected chi connectivity index (χ4v) is 3.97. The number of carboxylic acids is 1. The summed E-state index contributed by atoms with van der Waals surface area (Å²) in [6.45, 7) is 0.749. The van der Waals surface area contributed by atoms with Gasteiger partial charge >= 0.3 is 5.97 Å². The zero-order valence-electron chi connectivity index (χ0n) is 13.8. The Kier molecular flexibility index (Phi) is 4.86. The monoisotopic (exact) mass is 433 g/mol. The molecule has 6 nitrogen and oxygen atoms in total. The Balaban J connectivity index is 1.76. The average Bonchev–Trinajstić information content (AvgIpc) is 3.39. The molecule has 0 bridgehead atoms. The van der Waals surface area contributed by atoms with Gasteiger partial charge in [0.15, 0.2) is 5.16 Å². The molecule has 0 unspecified atom stereocenters. The smallest absolute Gasteiger partial charge is 0.313 e. The van der Waals surface area contributed by atoms with Crippen LogP contribution in [0.5, 0.6) is 5.75 Å². The average molecular weight is 434 g/mol. The number of aliphatic carboxylic acids is 1. The summed E-state index contributed by atoms with van der Waals surface area (Å²) in [4.78, 5) is 10.9. The van der Waals surface area contributed by atoms with Crippen molar-refractivity contribution in [3.8, 4) is 11.4 Å². The maximum absolute atomic E-state index is 10.9. The van der Waals surface area contributed by atoms with Crippen molar-refractivity contribution >= 4 is 44.4 Å². The van der Waals surface area contributed by atoms with Gasteiger partial charge in [0.05, 0.1) is 18.0 Å². The number of aromatic nitrogens is 3. The van der Waals surface area contributed by atoms with Crippen LogP contribution in [0.15, 0.2) is 46.3 Å². The van der Waals surface area contributed by atoms with Crippen LogP contribution in [0.4, 0.5) is 0 Å². The number of nitrogens with zero attached hydrogens (tertiary/aromatic N) is 3. The third-order valence-electron chi connectivity index (χ3n) is 4.19. The first-order valence-electron chi connectivity index (χ1n) is 8.24. The molecule has 26 heavy (non-hydrogen) atoms. The van der Waals surface area contributed by atoms with E-state index in [1.54, 1.807) is 0 Å². The Hall–Kier alpha value is -2.06. The van der Waals surface area contributed by atoms with E-state index >= 15 is 0 Å². The van der Waals surface area contributed by atoms with Crippen molar-refractivity contribution in [3.63, 3.8) is 0 Å². The Bertz CT molecular complexity index is 971. The van der Waals surface area contributed by atoms with Gasteiger partial charge in [-0.15, -0.1) is 10.2 Å². The summed E-state index contributed by atoms with van der Waals surface area (Å²) in [5, 5.41) is 19.6. The summed E-state index contributed by atoms with van der Waals surface area (Å²) in [5.74, 6) is 0.569. The second kappa shape index (κ2) is 7.28. The van der Waals surface area contributed by atoms with Crippen LogP contribution in [-0.2, 0) is 4.79 Å². The van der Waals surface area contributed by atoms with Crippen molar-refractivity contribution in [3.05, 3.63) is 41.1 Å². The largest absolute Gasteiger partial charge is 0.493 e. The lowest BCUT2D eigenvalue weighted by Crippen LogP contribution is -2.03. The molecule has 2 aromatic carbocycles. The Labute approximate surface area is 162 Å². The predicted molar refractivity (Wildman–Crippen MR) is 103 cm³/mol. The number of ether oxygens (including phenoxy) is 1. The highest BCUT2D eigenvalue weighted by atomic mass is 79.9. The maximum Gasteiger partial charge on any atom is 0.313 e. The zero-order chi connectivity index (χ0) is 18.1. The van der Waals surface area contributed by atoms with Crippen LogP contribution in [0.25, 0.3) is 16.5 Å². The lowest BCUT2D eigenvalue weighted by Gasteiger charge is -2.13. The minimum atomic E-state index is -0.894. The van der Waals surface area contributed by atoms with E-state index in [4.69, 9.17) is 9.84 Å². The predicted octanol–water partition coefficient (Wildman–Crippen LogP) is 4.15. The van der Waals surface area contributed by atoms with Crippen LogP contribution in [0.2, 0.25) is 0 Å². The van der Waals surface area contributed by atoms with Gasteiger partial charge in [-0.2, -0.15) is 0 Å². The van der Waals surface area contributed by atoms with Crippen LogP contribution in [-0.4, -0.2) is 38.2 Å². The summed E-state index contributed by atoms with van der Waals surface area (Å²) < 4.78 is 8.37. The van der Waals surface area contributed by atoms with Gasteiger partial charge in [0.2, 0.25) is 4.73 Å². The molecular formula is C18H16BrN3O3S. The first kappa shape index (κ1) is 17.4. The van der Waals surface area contributed by atoms with Gasteiger partial charge in [-0.25, -0.2) is 0 Å². The molecule has 1 fully saturated rings. The van der Waals surface area contributed by atoms with Crippen LogP contribution in [0.1, 0.15) is 12.8 Å². The number of halogens is 1. The number of benzene rings is 2. The molecule has 3 aromatic rings. The molecule has 1 aliphatic rings. The van der Waals surface area contributed by atoms with Gasteiger partial charge in [0.25, 0.3) is 0 Å². The minimum Gasteiger partial charge on any atom is -0.493 e. The van der Waals surface area contributed by atoms with Crippen LogP contribution in [0, 0.1) is 5.92 Å². The fraction of sp³-hybridized carbons (Fsp3) is 0.278. The van der Waals surface area contributed by atoms with E-state index < -0.39 is 5.97 Å². The Morgan fingerprint density at radius 1 is 1.23 bits per heavy atom. The number of fused-ring (bicyclic) bond motifs is 1. The van der Waals surface area contributed by atoms with E-state index in [9.17, 15) is 4.79 Å². The molecule has 0 radical (unpaired) electrons. The van der Waals surface area contributed by atoms with Gasteiger partial charge in [0, 0.05) is 10.8 Å². The van der Waals surface area contributed by atoms with Crippen molar-refractivity contribution in [2.45, 2.75) is 18.0 Å². The molecule has 134 valence electrons. The molecule has 1 N–H and O–H groups in total. The van der Waals surface area contributed by atoms with E-state index in [1.807, 2.05) is 41.0 Å². The van der Waals surface area contributed by atoms with Crippen molar-refractivity contribution in [1.29, 1.82) is 0 Å². The molecule has 4 rings (SSSR count). The van der Waals surface area contributed by atoms with Gasteiger partial charge < -0.3 is 9.84 Å². The zero-order valence-corrected chi connectivity index (χ0v) is 16.2. The summed E-state index contributed by atoms with van der Waals surface area (Å²) in [6, 6.07) is 11.9. The molecule has 0 spiro atoms. The molecule has 0 atom stereocenters. The summed E-state index contributed by atoms with van der Waals surface area (Å²) in [5.41, 5.74) is 0.879. The quantitative estimate of drug-likeness (QED) is 0.563. The van der Waals surface area contributed by atoms with Gasteiger partial charge in [-0.3, -0.25) is 9.36 Å². The molecule has 0 amide bonds. The molecule has 1 saturated carbocycles. The van der Waals surface area contributed by atoms with E-state index in [-0.39, 0.29) is 5.75 Å². The SMILES string of the molecule is O=C(O)CSc1nnc(Br)n1-c1cccc2c(OCC3CC3)cccc12. The second-order valence-corrected chi connectivity index (χ2v) is 7.80. The van der Waals surface area contributed by atoms with Crippen molar-refractivity contribution < 1.29 is 14.6 Å². The van der Waals surface area contributed by atoms with Crippen LogP contribution < -0.4 is 4.74 Å². The third kappa shape index (κ3) is 3.57. The molecule has 0 aliphatic heterocycles. The number of rotatable bonds is 7. The van der Waals surface area contributed by atoms with Crippen molar-refractivity contribution in [1.82, 2.24) is 14.8 Å². The first-order chi connectivity index (χ1) is 12.6. The van der Waals surface area contributed by atoms with Crippen LogP contribution in [0.3, 0.4) is 0 Å². The third-order valence-corrected chi connectivity index (χ3v) is 5.62. The number of carbonyl (C=O) groups is 1. The Morgan fingerprint density at radius 3 is 2.77 bits per heavy atom. The van der Waals surface area contributed by atoms with Gasteiger partial charge in [-0.05, 0) is 46.8 Å². The minimum absolute atomic E-state index is 0.0777. The van der Waals surface area contributed by atoms with Gasteiger partial charge in [0.1, 0.15) is 5.75 Å². The highest BCUT2D eigenvalue weighted by Gasteiger charge is 2.22. The summed E-state index contributed by atoms with van der Waals surface area (Å²) >= 11 is 4.56. The second-order valence-electron chi connectivity index (χ2n) is 6.15. The highest BCUT2D eigenvalue weighted by Crippen LogP contribution is 2.35. The first-order valence-corrected chi connectivity index (χ1v) is 10.0. The van der Waals surface area contributed by atoms with Crippen molar-refractivity contribution in [2.75, 3.05) is 12.4 Å². The number of hydrogen-bond acceptors (Lipinski definition) is 5. The summed E-state index contributed by atoms with van der Waals surface area (Å²) in [7, 11) is 0. The van der Waals surface area contributed by atoms with Crippen molar-refractivity contribution in [2.24, 2.45) is 5.92 Å². The van der Waals surface area contributed by atoms with E-state index in [0.29, 0.717) is 15.8 Å². The lowest BCUT2D eigenvalue weighted by molar-refractivity contribution is -0.133. The standard InChI is InChI=1S/C18H16BrN3O3S/c19-17-20-21-18(26-10-16(23)24)22(17)14-5-1-4-13-12(14)3-2-6-15(13)25-9-11-7-8-11/h1-6,11H,7-10H2,(H,23,24).